The van der Waals surface area contributed by atoms with E-state index in [9.17, 15) is 9.59 Å². The fourth-order valence-electron chi connectivity index (χ4n) is 3.21. The second-order valence-electron chi connectivity index (χ2n) is 7.32. The van der Waals surface area contributed by atoms with E-state index in [2.05, 4.69) is 27.7 Å². The molecule has 0 aliphatic carbocycles. The molecule has 1 heterocycles. The highest BCUT2D eigenvalue weighted by molar-refractivity contribution is 5.92. The Bertz CT molecular complexity index is 986. The molecule has 3 aromatic rings. The maximum absolute atomic E-state index is 12.4. The first-order valence-corrected chi connectivity index (χ1v) is 10.4. The number of hydrogen-bond acceptors (Lipinski definition) is 5. The first kappa shape index (κ1) is 22.2. The lowest BCUT2D eigenvalue weighted by Crippen LogP contribution is -3.12. The van der Waals surface area contributed by atoms with Gasteiger partial charge in [0.1, 0.15) is 0 Å². The van der Waals surface area contributed by atoms with Crippen LogP contribution in [0.25, 0.3) is 11.4 Å². The summed E-state index contributed by atoms with van der Waals surface area (Å²) in [6.07, 6.45) is 1.52. The summed E-state index contributed by atoms with van der Waals surface area (Å²) in [7, 11) is 0. The second kappa shape index (κ2) is 11.0. The average Bonchev–Trinajstić information content (AvgIpc) is 3.23. The van der Waals surface area contributed by atoms with Crippen LogP contribution in [-0.2, 0) is 16.0 Å². The zero-order chi connectivity index (χ0) is 22.1. The van der Waals surface area contributed by atoms with Gasteiger partial charge in [0, 0.05) is 36.7 Å². The van der Waals surface area contributed by atoms with Crippen molar-refractivity contribution in [1.82, 2.24) is 10.1 Å². The van der Waals surface area contributed by atoms with Crippen molar-refractivity contribution in [3.05, 3.63) is 60.5 Å². The third-order valence-corrected chi connectivity index (χ3v) is 4.82. The molecule has 0 aliphatic heterocycles. The van der Waals surface area contributed by atoms with Crippen LogP contribution in [0.2, 0.25) is 0 Å². The normalized spacial score (nSPS) is 11.7. The van der Waals surface area contributed by atoms with Crippen LogP contribution in [0.4, 0.5) is 11.4 Å². The fourth-order valence-corrected chi connectivity index (χ4v) is 3.21. The molecule has 2 aromatic carbocycles. The van der Waals surface area contributed by atoms with Gasteiger partial charge in [-0.05, 0) is 31.2 Å². The smallest absolute Gasteiger partial charge is 0.279 e. The monoisotopic (exact) mass is 422 g/mol. The molecule has 8 heteroatoms. The summed E-state index contributed by atoms with van der Waals surface area (Å²) >= 11 is 0. The minimum absolute atomic E-state index is 0.0479. The van der Waals surface area contributed by atoms with Crippen molar-refractivity contribution < 1.29 is 19.0 Å². The van der Waals surface area contributed by atoms with Gasteiger partial charge in [-0.15, -0.1) is 0 Å². The number of quaternary nitrogens is 1. The number of hydrogen-bond donors (Lipinski definition) is 3. The zero-order valence-corrected chi connectivity index (χ0v) is 17.9. The van der Waals surface area contributed by atoms with Crippen molar-refractivity contribution in [2.45, 2.75) is 26.7 Å². The highest BCUT2D eigenvalue weighted by Gasteiger charge is 2.14. The van der Waals surface area contributed by atoms with Gasteiger partial charge in [0.2, 0.25) is 17.6 Å². The Morgan fingerprint density at radius 2 is 1.68 bits per heavy atom. The van der Waals surface area contributed by atoms with Crippen molar-refractivity contribution in [3.8, 4) is 11.4 Å². The molecule has 0 aliphatic rings. The molecule has 0 saturated heterocycles. The van der Waals surface area contributed by atoms with Gasteiger partial charge in [0.05, 0.1) is 13.1 Å². The number of benzene rings is 2. The minimum Gasteiger partial charge on any atom is -0.339 e. The van der Waals surface area contributed by atoms with Crippen molar-refractivity contribution in [2.24, 2.45) is 0 Å². The molecule has 31 heavy (non-hydrogen) atoms. The van der Waals surface area contributed by atoms with Crippen molar-refractivity contribution in [1.29, 1.82) is 0 Å². The maximum atomic E-state index is 12.4. The quantitative estimate of drug-likeness (QED) is 0.465. The third kappa shape index (κ3) is 7.04. The van der Waals surface area contributed by atoms with Crippen molar-refractivity contribution in [2.75, 3.05) is 30.3 Å². The molecule has 0 fully saturated rings. The fraction of sp³-hybridized carbons (Fsp3) is 0.304. The summed E-state index contributed by atoms with van der Waals surface area (Å²) < 4.78 is 5.35. The number of likely N-dealkylation sites (N-methyl/N-ethyl adjacent to an activating group) is 1. The molecule has 2 amide bonds. The SMILES string of the molecule is CC[NH+](CCCc1nc(-c2ccccc2)no1)CC(=O)Nc1ccc(NC(C)=O)cc1. The molecule has 8 nitrogen and oxygen atoms in total. The lowest BCUT2D eigenvalue weighted by atomic mass is 10.2. The lowest BCUT2D eigenvalue weighted by Gasteiger charge is -2.17. The molecule has 3 rings (SSSR count). The number of amides is 2. The minimum atomic E-state index is -0.129. The average molecular weight is 423 g/mol. The first-order chi connectivity index (χ1) is 15.0. The van der Waals surface area contributed by atoms with Crippen molar-refractivity contribution in [3.63, 3.8) is 0 Å². The molecule has 0 radical (unpaired) electrons. The Labute approximate surface area is 181 Å². The van der Waals surface area contributed by atoms with Gasteiger partial charge < -0.3 is 20.1 Å². The van der Waals surface area contributed by atoms with Gasteiger partial charge in [-0.2, -0.15) is 4.98 Å². The van der Waals surface area contributed by atoms with E-state index in [1.165, 1.54) is 11.8 Å². The van der Waals surface area contributed by atoms with E-state index in [4.69, 9.17) is 4.52 Å². The summed E-state index contributed by atoms with van der Waals surface area (Å²) in [5, 5.41) is 9.65. The maximum Gasteiger partial charge on any atom is 0.279 e. The molecule has 1 aromatic heterocycles. The Morgan fingerprint density at radius 1 is 1.00 bits per heavy atom. The van der Waals surface area contributed by atoms with Gasteiger partial charge in [0.15, 0.2) is 6.54 Å². The Kier molecular flexibility index (Phi) is 7.89. The number of carbonyl (C=O) groups excluding carboxylic acids is 2. The van der Waals surface area contributed by atoms with Crippen LogP contribution in [0, 0.1) is 0 Å². The van der Waals surface area contributed by atoms with Crippen LogP contribution in [0.3, 0.4) is 0 Å². The molecule has 3 N–H and O–H groups in total. The lowest BCUT2D eigenvalue weighted by molar-refractivity contribution is -0.890. The van der Waals surface area contributed by atoms with Gasteiger partial charge in [0.25, 0.3) is 5.91 Å². The summed E-state index contributed by atoms with van der Waals surface area (Å²) in [4.78, 5) is 29.1. The van der Waals surface area contributed by atoms with Gasteiger partial charge in [-0.3, -0.25) is 9.59 Å². The second-order valence-corrected chi connectivity index (χ2v) is 7.32. The van der Waals surface area contributed by atoms with E-state index in [0.717, 1.165) is 25.1 Å². The molecule has 0 spiro atoms. The van der Waals surface area contributed by atoms with E-state index < -0.39 is 0 Å². The van der Waals surface area contributed by atoms with Gasteiger partial charge >= 0.3 is 0 Å². The Hall–Kier alpha value is -3.52. The van der Waals surface area contributed by atoms with Crippen LogP contribution in [-0.4, -0.2) is 41.6 Å². The molecule has 0 saturated carbocycles. The van der Waals surface area contributed by atoms with E-state index in [-0.39, 0.29) is 11.8 Å². The summed E-state index contributed by atoms with van der Waals surface area (Å²) in [6, 6.07) is 16.8. The highest BCUT2D eigenvalue weighted by atomic mass is 16.5. The van der Waals surface area contributed by atoms with Gasteiger partial charge in [-0.25, -0.2) is 0 Å². The molecule has 1 atom stereocenters. The predicted octanol–water partition coefficient (Wildman–Crippen LogP) is 2.17. The van der Waals surface area contributed by atoms with E-state index in [0.29, 0.717) is 36.1 Å². The molecule has 1 unspecified atom stereocenters. The van der Waals surface area contributed by atoms with Gasteiger partial charge in [-0.1, -0.05) is 35.5 Å². The third-order valence-electron chi connectivity index (χ3n) is 4.82. The van der Waals surface area contributed by atoms with E-state index >= 15 is 0 Å². The summed E-state index contributed by atoms with van der Waals surface area (Å²) in [5.41, 5.74) is 2.33. The standard InChI is InChI=1S/C23H27N5O3/c1-3-28(16-21(30)25-20-13-11-19(12-14-20)24-17(2)29)15-7-10-22-26-23(27-31-22)18-8-5-4-6-9-18/h4-6,8-9,11-14H,3,7,10,15-16H2,1-2H3,(H,24,29)(H,25,30)/p+1. The predicted molar refractivity (Wildman–Crippen MR) is 119 cm³/mol. The molecular weight excluding hydrogens is 394 g/mol. The number of nitrogens with one attached hydrogen (secondary N) is 3. The number of aromatic nitrogens is 2. The number of anilines is 2. The van der Waals surface area contributed by atoms with Crippen LogP contribution >= 0.6 is 0 Å². The summed E-state index contributed by atoms with van der Waals surface area (Å²) in [5.74, 6) is 1.03. The topological polar surface area (TPSA) is 102 Å². The Morgan fingerprint density at radius 3 is 2.32 bits per heavy atom. The number of nitrogens with zero attached hydrogens (tertiary/aromatic N) is 2. The number of aryl methyl sites for hydroxylation is 1. The zero-order valence-electron chi connectivity index (χ0n) is 17.9. The van der Waals surface area contributed by atoms with Crippen LogP contribution in [0.1, 0.15) is 26.2 Å². The molecule has 0 bridgehead atoms. The van der Waals surface area contributed by atoms with E-state index in [1.807, 2.05) is 30.3 Å². The Balaban J connectivity index is 1.43. The van der Waals surface area contributed by atoms with Crippen molar-refractivity contribution >= 4 is 23.2 Å². The first-order valence-electron chi connectivity index (χ1n) is 10.4. The summed E-state index contributed by atoms with van der Waals surface area (Å²) in [6.45, 7) is 5.56. The largest absolute Gasteiger partial charge is 0.339 e. The van der Waals surface area contributed by atoms with E-state index in [1.54, 1.807) is 24.3 Å². The van der Waals surface area contributed by atoms with Crippen LogP contribution < -0.4 is 15.5 Å². The number of carbonyl (C=O) groups is 2. The molecular formula is C23H28N5O3+. The van der Waals surface area contributed by atoms with Crippen LogP contribution in [0.15, 0.2) is 59.1 Å². The molecule has 162 valence electrons. The van der Waals surface area contributed by atoms with Crippen LogP contribution in [0.5, 0.6) is 0 Å². The highest BCUT2D eigenvalue weighted by Crippen LogP contribution is 2.15. The number of rotatable bonds is 10.